The zero-order valence-corrected chi connectivity index (χ0v) is 12.2. The Balaban J connectivity index is 2.02. The van der Waals surface area contributed by atoms with Crippen LogP contribution < -0.4 is 11.3 Å². The van der Waals surface area contributed by atoms with Gasteiger partial charge in [0.1, 0.15) is 0 Å². The Morgan fingerprint density at radius 1 is 1.56 bits per heavy atom. The zero-order chi connectivity index (χ0) is 13.1. The van der Waals surface area contributed by atoms with E-state index in [1.165, 1.54) is 0 Å². The molecule has 18 heavy (non-hydrogen) atoms. The van der Waals surface area contributed by atoms with Gasteiger partial charge in [-0.2, -0.15) is 0 Å². The lowest BCUT2D eigenvalue weighted by Gasteiger charge is -2.41. The third-order valence-corrected chi connectivity index (χ3v) is 4.50. The summed E-state index contributed by atoms with van der Waals surface area (Å²) in [4.78, 5) is 9.28. The van der Waals surface area contributed by atoms with Gasteiger partial charge in [0.2, 0.25) is 0 Å². The molecule has 102 valence electrons. The molecule has 0 amide bonds. The van der Waals surface area contributed by atoms with Crippen molar-refractivity contribution in [3.05, 3.63) is 16.1 Å². The number of rotatable bonds is 4. The molecule has 2 rings (SSSR count). The Bertz CT molecular complexity index is 380. The SMILES string of the molecule is Cc1nc(CC(NN)C2CN(C)CCN2C)cs1. The molecule has 2 heterocycles. The summed E-state index contributed by atoms with van der Waals surface area (Å²) in [5.74, 6) is 5.75. The second-order valence-electron chi connectivity index (χ2n) is 5.15. The fourth-order valence-corrected chi connectivity index (χ4v) is 3.14. The molecule has 3 N–H and O–H groups in total. The minimum Gasteiger partial charge on any atom is -0.303 e. The van der Waals surface area contributed by atoms with Gasteiger partial charge in [-0.15, -0.1) is 11.3 Å². The normalized spacial score (nSPS) is 24.3. The number of piperazine rings is 1. The molecule has 0 radical (unpaired) electrons. The van der Waals surface area contributed by atoms with E-state index in [0.717, 1.165) is 36.8 Å². The highest BCUT2D eigenvalue weighted by Crippen LogP contribution is 2.15. The largest absolute Gasteiger partial charge is 0.303 e. The van der Waals surface area contributed by atoms with Crippen molar-refractivity contribution in [3.63, 3.8) is 0 Å². The molecule has 1 aromatic heterocycles. The highest BCUT2D eigenvalue weighted by atomic mass is 32.1. The maximum Gasteiger partial charge on any atom is 0.0897 e. The van der Waals surface area contributed by atoms with Gasteiger partial charge in [0.05, 0.1) is 10.7 Å². The van der Waals surface area contributed by atoms with Gasteiger partial charge < -0.3 is 4.90 Å². The van der Waals surface area contributed by atoms with Crippen LogP contribution in [0, 0.1) is 6.92 Å². The Hall–Kier alpha value is -0.530. The second kappa shape index (κ2) is 6.08. The number of nitrogens with zero attached hydrogens (tertiary/aromatic N) is 3. The molecular formula is C12H23N5S. The summed E-state index contributed by atoms with van der Waals surface area (Å²) in [5, 5.41) is 3.25. The number of hydrazine groups is 1. The fourth-order valence-electron chi connectivity index (χ4n) is 2.51. The van der Waals surface area contributed by atoms with Crippen molar-refractivity contribution in [3.8, 4) is 0 Å². The Morgan fingerprint density at radius 2 is 2.33 bits per heavy atom. The number of thiazole rings is 1. The molecule has 0 spiro atoms. The van der Waals surface area contributed by atoms with Crippen LogP contribution in [0.4, 0.5) is 0 Å². The van der Waals surface area contributed by atoms with Crippen LogP contribution in [0.5, 0.6) is 0 Å². The number of aryl methyl sites for hydroxylation is 1. The molecule has 1 aliphatic rings. The number of aromatic nitrogens is 1. The fraction of sp³-hybridized carbons (Fsp3) is 0.750. The molecule has 2 atom stereocenters. The van der Waals surface area contributed by atoms with Gasteiger partial charge in [0.25, 0.3) is 0 Å². The number of hydrogen-bond acceptors (Lipinski definition) is 6. The molecular weight excluding hydrogens is 246 g/mol. The molecule has 2 unspecified atom stereocenters. The number of nitrogens with two attached hydrogens (primary N) is 1. The summed E-state index contributed by atoms with van der Waals surface area (Å²) >= 11 is 1.70. The molecule has 1 aliphatic heterocycles. The average Bonchev–Trinajstić information content (AvgIpc) is 2.75. The van der Waals surface area contributed by atoms with Gasteiger partial charge in [-0.05, 0) is 21.0 Å². The second-order valence-corrected chi connectivity index (χ2v) is 6.21. The van der Waals surface area contributed by atoms with E-state index < -0.39 is 0 Å². The third kappa shape index (κ3) is 3.27. The lowest BCUT2D eigenvalue weighted by molar-refractivity contribution is 0.0874. The first kappa shape index (κ1) is 13.9. The molecule has 0 saturated carbocycles. The van der Waals surface area contributed by atoms with E-state index in [9.17, 15) is 0 Å². The minimum atomic E-state index is 0.249. The maximum absolute atomic E-state index is 5.75. The van der Waals surface area contributed by atoms with E-state index in [1.54, 1.807) is 11.3 Å². The first-order valence-corrected chi connectivity index (χ1v) is 7.24. The van der Waals surface area contributed by atoms with Crippen LogP contribution in [-0.2, 0) is 6.42 Å². The first-order valence-electron chi connectivity index (χ1n) is 6.36. The smallest absolute Gasteiger partial charge is 0.0897 e. The van der Waals surface area contributed by atoms with Crippen molar-refractivity contribution in [2.24, 2.45) is 5.84 Å². The molecule has 0 aromatic carbocycles. The molecule has 6 heteroatoms. The predicted octanol–water partition coefficient (Wildman–Crippen LogP) is 0.0717. The molecule has 1 aromatic rings. The Morgan fingerprint density at radius 3 is 2.94 bits per heavy atom. The monoisotopic (exact) mass is 269 g/mol. The van der Waals surface area contributed by atoms with E-state index >= 15 is 0 Å². The minimum absolute atomic E-state index is 0.249. The van der Waals surface area contributed by atoms with Crippen LogP contribution in [0.2, 0.25) is 0 Å². The Kier molecular flexibility index (Phi) is 4.69. The summed E-state index contributed by atoms with van der Waals surface area (Å²) in [7, 11) is 4.34. The first-order chi connectivity index (χ1) is 8.60. The predicted molar refractivity (Wildman–Crippen MR) is 75.6 cm³/mol. The van der Waals surface area contributed by atoms with Crippen LogP contribution in [0.3, 0.4) is 0 Å². The molecule has 1 fully saturated rings. The van der Waals surface area contributed by atoms with E-state index in [1.807, 2.05) is 6.92 Å². The highest BCUT2D eigenvalue weighted by molar-refractivity contribution is 7.09. The average molecular weight is 269 g/mol. The van der Waals surface area contributed by atoms with Gasteiger partial charge >= 0.3 is 0 Å². The quantitative estimate of drug-likeness (QED) is 0.598. The van der Waals surface area contributed by atoms with Crippen molar-refractivity contribution in [2.75, 3.05) is 33.7 Å². The highest BCUT2D eigenvalue weighted by Gasteiger charge is 2.29. The summed E-state index contributed by atoms with van der Waals surface area (Å²) in [6.45, 7) is 5.31. The van der Waals surface area contributed by atoms with Gasteiger partial charge in [0.15, 0.2) is 0 Å². The van der Waals surface area contributed by atoms with Crippen molar-refractivity contribution in [1.82, 2.24) is 20.2 Å². The van der Waals surface area contributed by atoms with E-state index in [2.05, 4.69) is 39.7 Å². The molecule has 1 saturated heterocycles. The van der Waals surface area contributed by atoms with Gasteiger partial charge in [0, 0.05) is 43.5 Å². The van der Waals surface area contributed by atoms with Gasteiger partial charge in [-0.3, -0.25) is 16.2 Å². The molecule has 5 nitrogen and oxygen atoms in total. The number of hydrogen-bond donors (Lipinski definition) is 2. The van der Waals surface area contributed by atoms with E-state index in [4.69, 9.17) is 5.84 Å². The summed E-state index contributed by atoms with van der Waals surface area (Å²) in [6, 6.07) is 0.690. The lowest BCUT2D eigenvalue weighted by Crippen LogP contribution is -2.60. The third-order valence-electron chi connectivity index (χ3n) is 3.67. The van der Waals surface area contributed by atoms with Crippen LogP contribution in [0.15, 0.2) is 5.38 Å². The van der Waals surface area contributed by atoms with Crippen molar-refractivity contribution in [1.29, 1.82) is 0 Å². The van der Waals surface area contributed by atoms with Crippen LogP contribution >= 0.6 is 11.3 Å². The Labute approximate surface area is 113 Å². The zero-order valence-electron chi connectivity index (χ0n) is 11.4. The topological polar surface area (TPSA) is 57.4 Å². The van der Waals surface area contributed by atoms with Crippen molar-refractivity contribution >= 4 is 11.3 Å². The van der Waals surface area contributed by atoms with Crippen LogP contribution in [0.1, 0.15) is 10.7 Å². The van der Waals surface area contributed by atoms with Gasteiger partial charge in [-0.1, -0.05) is 0 Å². The van der Waals surface area contributed by atoms with E-state index in [0.29, 0.717) is 6.04 Å². The summed E-state index contributed by atoms with van der Waals surface area (Å²) in [6.07, 6.45) is 0.893. The van der Waals surface area contributed by atoms with Crippen LogP contribution in [0.25, 0.3) is 0 Å². The van der Waals surface area contributed by atoms with Crippen LogP contribution in [-0.4, -0.2) is 60.6 Å². The van der Waals surface area contributed by atoms with E-state index in [-0.39, 0.29) is 6.04 Å². The maximum atomic E-state index is 5.75. The summed E-state index contributed by atoms with van der Waals surface area (Å²) in [5.41, 5.74) is 4.12. The molecule has 0 aliphatic carbocycles. The number of likely N-dealkylation sites (N-methyl/N-ethyl adjacent to an activating group) is 2. The standard InChI is InChI=1S/C12H23N5S/c1-9-14-10(8-18-9)6-11(15-13)12-7-16(2)4-5-17(12)3/h8,11-12,15H,4-7,13H2,1-3H3. The number of nitrogens with one attached hydrogen (secondary N) is 1. The molecule has 0 bridgehead atoms. The van der Waals surface area contributed by atoms with Crippen molar-refractivity contribution < 1.29 is 0 Å². The lowest BCUT2D eigenvalue weighted by atomic mass is 10.0. The van der Waals surface area contributed by atoms with Gasteiger partial charge in [-0.25, -0.2) is 4.98 Å². The summed E-state index contributed by atoms with van der Waals surface area (Å²) < 4.78 is 0. The van der Waals surface area contributed by atoms with Crippen molar-refractivity contribution in [2.45, 2.75) is 25.4 Å².